The molecule has 0 atom stereocenters. The zero-order valence-electron chi connectivity index (χ0n) is 11.0. The van der Waals surface area contributed by atoms with E-state index < -0.39 is 5.82 Å². The smallest absolute Gasteiger partial charge is 0.148 e. The van der Waals surface area contributed by atoms with Gasteiger partial charge in [0, 0.05) is 0 Å². The van der Waals surface area contributed by atoms with Gasteiger partial charge in [-0.1, -0.05) is 12.1 Å². The van der Waals surface area contributed by atoms with Gasteiger partial charge in [0.2, 0.25) is 0 Å². The fourth-order valence-electron chi connectivity index (χ4n) is 2.60. The number of hydrogen-bond acceptors (Lipinski definition) is 2. The summed E-state index contributed by atoms with van der Waals surface area (Å²) in [4.78, 5) is 0. The minimum Gasteiger partial charge on any atom is -0.456 e. The number of nitrogens with zero attached hydrogens (tertiary/aromatic N) is 1. The molecule has 100 valence electrons. The van der Waals surface area contributed by atoms with E-state index in [4.69, 9.17) is 10.00 Å². The van der Waals surface area contributed by atoms with Crippen LogP contribution in [0.2, 0.25) is 0 Å². The maximum absolute atomic E-state index is 13.5. The number of rotatable bonds is 2. The normalized spacial score (nSPS) is 13.4. The summed E-state index contributed by atoms with van der Waals surface area (Å²) in [5.74, 6) is 0.374. The van der Waals surface area contributed by atoms with Crippen LogP contribution in [0.15, 0.2) is 36.4 Å². The van der Waals surface area contributed by atoms with Crippen LogP contribution in [0.1, 0.15) is 29.5 Å². The van der Waals surface area contributed by atoms with E-state index in [-0.39, 0.29) is 11.3 Å². The van der Waals surface area contributed by atoms with Crippen molar-refractivity contribution in [1.82, 2.24) is 0 Å². The number of benzene rings is 2. The number of aryl methyl sites for hydroxylation is 2. The Morgan fingerprint density at radius 1 is 1.05 bits per heavy atom. The lowest BCUT2D eigenvalue weighted by Crippen LogP contribution is -2.02. The molecule has 0 heterocycles. The standard InChI is InChI=1S/C17H14FNO/c18-16-6-3-7-17(15(16)11-19)20-14-9-8-12-4-1-2-5-13(12)10-14/h3,6-10H,1-2,4-5H2. The molecule has 0 spiro atoms. The minimum absolute atomic E-state index is 0.0507. The first-order chi connectivity index (χ1) is 9.78. The SMILES string of the molecule is N#Cc1c(F)cccc1Oc1ccc2c(c1)CCCC2. The lowest BCUT2D eigenvalue weighted by Gasteiger charge is -2.17. The van der Waals surface area contributed by atoms with Crippen LogP contribution in [0, 0.1) is 17.1 Å². The second-order valence-electron chi connectivity index (χ2n) is 4.96. The molecule has 0 saturated heterocycles. The van der Waals surface area contributed by atoms with Crippen LogP contribution in [0.3, 0.4) is 0 Å². The molecule has 0 saturated carbocycles. The van der Waals surface area contributed by atoms with E-state index in [9.17, 15) is 4.39 Å². The molecular weight excluding hydrogens is 253 g/mol. The van der Waals surface area contributed by atoms with Gasteiger partial charge in [-0.3, -0.25) is 0 Å². The summed E-state index contributed by atoms with van der Waals surface area (Å²) in [5.41, 5.74) is 2.61. The van der Waals surface area contributed by atoms with Crippen LogP contribution in [0.5, 0.6) is 11.5 Å². The molecule has 0 aromatic heterocycles. The van der Waals surface area contributed by atoms with Crippen molar-refractivity contribution in [3.8, 4) is 17.6 Å². The molecule has 1 aliphatic rings. The highest BCUT2D eigenvalue weighted by atomic mass is 19.1. The Bertz CT molecular complexity index is 688. The molecule has 0 bridgehead atoms. The number of hydrogen-bond donors (Lipinski definition) is 0. The largest absolute Gasteiger partial charge is 0.456 e. The zero-order chi connectivity index (χ0) is 13.9. The summed E-state index contributed by atoms with van der Waals surface area (Å²) in [6.07, 6.45) is 4.59. The molecule has 0 radical (unpaired) electrons. The van der Waals surface area contributed by atoms with Crippen LogP contribution in [0.4, 0.5) is 4.39 Å². The molecule has 3 heteroatoms. The van der Waals surface area contributed by atoms with Crippen molar-refractivity contribution in [2.45, 2.75) is 25.7 Å². The van der Waals surface area contributed by atoms with E-state index >= 15 is 0 Å². The zero-order valence-corrected chi connectivity index (χ0v) is 11.0. The summed E-state index contributed by atoms with van der Waals surface area (Å²) in [5, 5.41) is 9.00. The van der Waals surface area contributed by atoms with Crippen LogP contribution in [-0.4, -0.2) is 0 Å². The number of fused-ring (bicyclic) bond motifs is 1. The van der Waals surface area contributed by atoms with E-state index in [0.717, 1.165) is 12.8 Å². The van der Waals surface area contributed by atoms with Gasteiger partial charge in [-0.25, -0.2) is 4.39 Å². The lowest BCUT2D eigenvalue weighted by atomic mass is 9.92. The van der Waals surface area contributed by atoms with E-state index in [1.54, 1.807) is 12.1 Å². The van der Waals surface area contributed by atoms with Gasteiger partial charge in [0.25, 0.3) is 0 Å². The molecule has 1 aliphatic carbocycles. The van der Waals surface area contributed by atoms with E-state index in [1.807, 2.05) is 18.2 Å². The summed E-state index contributed by atoms with van der Waals surface area (Å²) in [7, 11) is 0. The molecule has 20 heavy (non-hydrogen) atoms. The molecule has 0 amide bonds. The van der Waals surface area contributed by atoms with Crippen molar-refractivity contribution in [3.63, 3.8) is 0 Å². The summed E-state index contributed by atoms with van der Waals surface area (Å²) in [6, 6.07) is 12.2. The first kappa shape index (κ1) is 12.7. The predicted molar refractivity (Wildman–Crippen MR) is 74.3 cm³/mol. The molecule has 0 N–H and O–H groups in total. The van der Waals surface area contributed by atoms with Crippen molar-refractivity contribution in [2.24, 2.45) is 0 Å². The van der Waals surface area contributed by atoms with Crippen molar-refractivity contribution < 1.29 is 9.13 Å². The fraction of sp³-hybridized carbons (Fsp3) is 0.235. The van der Waals surface area contributed by atoms with Crippen molar-refractivity contribution in [1.29, 1.82) is 5.26 Å². The van der Waals surface area contributed by atoms with Gasteiger partial charge in [0.1, 0.15) is 28.9 Å². The number of nitriles is 1. The molecule has 3 rings (SSSR count). The highest BCUT2D eigenvalue weighted by molar-refractivity contribution is 5.47. The first-order valence-corrected chi connectivity index (χ1v) is 6.76. The van der Waals surface area contributed by atoms with E-state index in [1.165, 1.54) is 30.0 Å². The Kier molecular flexibility index (Phi) is 3.39. The average Bonchev–Trinajstić information content (AvgIpc) is 2.47. The van der Waals surface area contributed by atoms with Gasteiger partial charge in [-0.2, -0.15) is 5.26 Å². The van der Waals surface area contributed by atoms with Gasteiger partial charge in [0.05, 0.1) is 0 Å². The third-order valence-electron chi connectivity index (χ3n) is 3.63. The second kappa shape index (κ2) is 5.34. The van der Waals surface area contributed by atoms with Crippen LogP contribution in [0.25, 0.3) is 0 Å². The lowest BCUT2D eigenvalue weighted by molar-refractivity contribution is 0.472. The second-order valence-corrected chi connectivity index (χ2v) is 4.96. The fourth-order valence-corrected chi connectivity index (χ4v) is 2.60. The molecule has 0 fully saturated rings. The summed E-state index contributed by atoms with van der Waals surface area (Å²) >= 11 is 0. The molecule has 0 unspecified atom stereocenters. The monoisotopic (exact) mass is 267 g/mol. The predicted octanol–water partition coefficient (Wildman–Crippen LogP) is 4.37. The van der Waals surface area contributed by atoms with Gasteiger partial charge >= 0.3 is 0 Å². The molecule has 2 nitrogen and oxygen atoms in total. The molecule has 0 aliphatic heterocycles. The third kappa shape index (κ3) is 2.37. The van der Waals surface area contributed by atoms with E-state index in [0.29, 0.717) is 5.75 Å². The Labute approximate surface area is 117 Å². The average molecular weight is 267 g/mol. The number of halogens is 1. The summed E-state index contributed by atoms with van der Waals surface area (Å²) in [6.45, 7) is 0. The van der Waals surface area contributed by atoms with Gasteiger partial charge in [0.15, 0.2) is 0 Å². The molecule has 2 aromatic rings. The molecule has 2 aromatic carbocycles. The van der Waals surface area contributed by atoms with Crippen molar-refractivity contribution >= 4 is 0 Å². The van der Waals surface area contributed by atoms with Crippen LogP contribution < -0.4 is 4.74 Å². The summed E-state index contributed by atoms with van der Waals surface area (Å²) < 4.78 is 19.2. The number of ether oxygens (including phenoxy) is 1. The highest BCUT2D eigenvalue weighted by Crippen LogP contribution is 2.30. The quantitative estimate of drug-likeness (QED) is 0.809. The minimum atomic E-state index is -0.553. The Balaban J connectivity index is 1.92. The van der Waals surface area contributed by atoms with Gasteiger partial charge in [-0.05, 0) is 61.1 Å². The Morgan fingerprint density at radius 2 is 1.85 bits per heavy atom. The van der Waals surface area contributed by atoms with E-state index in [2.05, 4.69) is 6.07 Å². The Hall–Kier alpha value is -2.34. The van der Waals surface area contributed by atoms with Gasteiger partial charge in [-0.15, -0.1) is 0 Å². The maximum atomic E-state index is 13.5. The molecular formula is C17H14FNO. The maximum Gasteiger partial charge on any atom is 0.148 e. The van der Waals surface area contributed by atoms with Crippen molar-refractivity contribution in [2.75, 3.05) is 0 Å². The van der Waals surface area contributed by atoms with Crippen LogP contribution >= 0.6 is 0 Å². The van der Waals surface area contributed by atoms with Gasteiger partial charge < -0.3 is 4.74 Å². The van der Waals surface area contributed by atoms with Crippen LogP contribution in [-0.2, 0) is 12.8 Å². The highest BCUT2D eigenvalue weighted by Gasteiger charge is 2.13. The third-order valence-corrected chi connectivity index (χ3v) is 3.63. The topological polar surface area (TPSA) is 33.0 Å². The van der Waals surface area contributed by atoms with Crippen molar-refractivity contribution in [3.05, 3.63) is 58.9 Å². The first-order valence-electron chi connectivity index (χ1n) is 6.76. The Morgan fingerprint density at radius 3 is 2.65 bits per heavy atom.